The molecule has 0 unspecified atom stereocenters. The minimum absolute atomic E-state index is 0.0159. The maximum absolute atomic E-state index is 12.9. The molecule has 6 heteroatoms. The fraction of sp³-hybridized carbons (Fsp3) is 0.182. The number of nitrogens with two attached hydrogens (primary N) is 1. The SMILES string of the molecule is CNc1cc(C(=O)Nc2ccccc2CCO)nc(-c2cccc(CN)c2)c1. The summed E-state index contributed by atoms with van der Waals surface area (Å²) in [7, 11) is 1.80. The molecule has 0 spiro atoms. The molecule has 0 radical (unpaired) electrons. The van der Waals surface area contributed by atoms with Crippen LogP contribution in [-0.4, -0.2) is 29.7 Å². The van der Waals surface area contributed by atoms with E-state index in [1.54, 1.807) is 13.1 Å². The first-order chi connectivity index (χ1) is 13.6. The summed E-state index contributed by atoms with van der Waals surface area (Å²) < 4.78 is 0. The molecule has 0 atom stereocenters. The van der Waals surface area contributed by atoms with E-state index in [-0.39, 0.29) is 12.5 Å². The first-order valence-corrected chi connectivity index (χ1v) is 9.14. The number of carbonyl (C=O) groups excluding carboxylic acids is 1. The summed E-state index contributed by atoms with van der Waals surface area (Å²) in [5.41, 5.74) is 11.0. The van der Waals surface area contributed by atoms with Crippen molar-refractivity contribution in [3.8, 4) is 11.3 Å². The highest BCUT2D eigenvalue weighted by Crippen LogP contribution is 2.24. The summed E-state index contributed by atoms with van der Waals surface area (Å²) in [6.45, 7) is 0.455. The van der Waals surface area contributed by atoms with Crippen LogP contribution in [0.25, 0.3) is 11.3 Å². The van der Waals surface area contributed by atoms with E-state index in [2.05, 4.69) is 15.6 Å². The van der Waals surface area contributed by atoms with Gasteiger partial charge in [0.25, 0.3) is 5.91 Å². The predicted molar refractivity (Wildman–Crippen MR) is 112 cm³/mol. The van der Waals surface area contributed by atoms with Crippen LogP contribution in [0.1, 0.15) is 21.6 Å². The molecule has 1 aromatic heterocycles. The van der Waals surface area contributed by atoms with Gasteiger partial charge in [0.2, 0.25) is 0 Å². The highest BCUT2D eigenvalue weighted by Gasteiger charge is 2.13. The number of para-hydroxylation sites is 1. The van der Waals surface area contributed by atoms with Gasteiger partial charge in [-0.05, 0) is 41.8 Å². The zero-order chi connectivity index (χ0) is 19.9. The van der Waals surface area contributed by atoms with Gasteiger partial charge in [0.15, 0.2) is 0 Å². The van der Waals surface area contributed by atoms with E-state index in [9.17, 15) is 9.90 Å². The van der Waals surface area contributed by atoms with Crippen molar-refractivity contribution < 1.29 is 9.90 Å². The van der Waals surface area contributed by atoms with Gasteiger partial charge in [-0.15, -0.1) is 0 Å². The van der Waals surface area contributed by atoms with E-state index in [0.29, 0.717) is 30.0 Å². The van der Waals surface area contributed by atoms with Gasteiger partial charge < -0.3 is 21.5 Å². The Balaban J connectivity index is 1.94. The first kappa shape index (κ1) is 19.5. The molecule has 0 saturated carbocycles. The Hall–Kier alpha value is -3.22. The number of pyridine rings is 1. The number of carbonyl (C=O) groups is 1. The van der Waals surface area contributed by atoms with Gasteiger partial charge in [-0.3, -0.25) is 4.79 Å². The lowest BCUT2D eigenvalue weighted by Gasteiger charge is -2.12. The molecule has 6 nitrogen and oxygen atoms in total. The quantitative estimate of drug-likeness (QED) is 0.508. The third-order valence-corrected chi connectivity index (χ3v) is 4.45. The molecule has 0 saturated heterocycles. The fourth-order valence-corrected chi connectivity index (χ4v) is 2.96. The van der Waals surface area contributed by atoms with E-state index >= 15 is 0 Å². The molecule has 0 bridgehead atoms. The summed E-state index contributed by atoms with van der Waals surface area (Å²) in [6, 6.07) is 18.8. The molecule has 1 amide bonds. The van der Waals surface area contributed by atoms with Crippen LogP contribution in [0.5, 0.6) is 0 Å². The lowest BCUT2D eigenvalue weighted by atomic mass is 10.1. The number of rotatable bonds is 7. The molecule has 3 rings (SSSR count). The number of benzene rings is 2. The molecular formula is C22H24N4O2. The maximum atomic E-state index is 12.9. The average molecular weight is 376 g/mol. The Morgan fingerprint density at radius 3 is 2.68 bits per heavy atom. The number of hydrogen-bond acceptors (Lipinski definition) is 5. The number of hydrogen-bond donors (Lipinski definition) is 4. The summed E-state index contributed by atoms with van der Waals surface area (Å²) in [5, 5.41) is 15.2. The Morgan fingerprint density at radius 2 is 1.93 bits per heavy atom. The Bertz CT molecular complexity index is 972. The highest BCUT2D eigenvalue weighted by molar-refractivity contribution is 6.04. The predicted octanol–water partition coefficient (Wildman–Crippen LogP) is 3.04. The molecular weight excluding hydrogens is 352 g/mol. The second-order valence-corrected chi connectivity index (χ2v) is 6.37. The Morgan fingerprint density at radius 1 is 1.11 bits per heavy atom. The van der Waals surface area contributed by atoms with Crippen molar-refractivity contribution in [1.82, 2.24) is 4.98 Å². The molecule has 0 fully saturated rings. The molecule has 5 N–H and O–H groups in total. The maximum Gasteiger partial charge on any atom is 0.274 e. The molecule has 144 valence electrons. The van der Waals surface area contributed by atoms with Crippen molar-refractivity contribution in [2.45, 2.75) is 13.0 Å². The molecule has 2 aromatic carbocycles. The van der Waals surface area contributed by atoms with Crippen molar-refractivity contribution >= 4 is 17.3 Å². The van der Waals surface area contributed by atoms with Gasteiger partial charge in [0.05, 0.1) is 5.69 Å². The normalized spacial score (nSPS) is 10.5. The summed E-state index contributed by atoms with van der Waals surface area (Å²) in [6.07, 6.45) is 0.470. The summed E-state index contributed by atoms with van der Waals surface area (Å²) in [5.74, 6) is -0.307. The number of amides is 1. The lowest BCUT2D eigenvalue weighted by molar-refractivity contribution is 0.102. The molecule has 0 aliphatic rings. The lowest BCUT2D eigenvalue weighted by Crippen LogP contribution is -2.16. The molecule has 0 aliphatic heterocycles. The molecule has 28 heavy (non-hydrogen) atoms. The molecule has 3 aromatic rings. The minimum Gasteiger partial charge on any atom is -0.396 e. The van der Waals surface area contributed by atoms with Gasteiger partial charge >= 0.3 is 0 Å². The van der Waals surface area contributed by atoms with Crippen LogP contribution >= 0.6 is 0 Å². The van der Waals surface area contributed by atoms with Crippen molar-refractivity contribution in [2.75, 3.05) is 24.3 Å². The van der Waals surface area contributed by atoms with Crippen LogP contribution in [-0.2, 0) is 13.0 Å². The third-order valence-electron chi connectivity index (χ3n) is 4.45. The van der Waals surface area contributed by atoms with Gasteiger partial charge in [-0.25, -0.2) is 4.98 Å². The minimum atomic E-state index is -0.307. The van der Waals surface area contributed by atoms with Crippen molar-refractivity contribution in [3.63, 3.8) is 0 Å². The van der Waals surface area contributed by atoms with Gasteiger partial charge in [-0.2, -0.15) is 0 Å². The largest absolute Gasteiger partial charge is 0.396 e. The van der Waals surface area contributed by atoms with Crippen LogP contribution in [0.3, 0.4) is 0 Å². The van der Waals surface area contributed by atoms with Crippen LogP contribution in [0.4, 0.5) is 11.4 Å². The number of aromatic nitrogens is 1. The van der Waals surface area contributed by atoms with E-state index in [1.165, 1.54) is 0 Å². The van der Waals surface area contributed by atoms with Gasteiger partial charge in [0.1, 0.15) is 5.69 Å². The molecule has 1 heterocycles. The topological polar surface area (TPSA) is 100 Å². The zero-order valence-electron chi connectivity index (χ0n) is 15.8. The Kier molecular flexibility index (Phi) is 6.37. The van der Waals surface area contributed by atoms with E-state index in [0.717, 1.165) is 22.4 Å². The van der Waals surface area contributed by atoms with Gasteiger partial charge in [-0.1, -0.05) is 36.4 Å². The smallest absolute Gasteiger partial charge is 0.274 e. The highest BCUT2D eigenvalue weighted by atomic mass is 16.3. The Labute approximate surface area is 164 Å². The van der Waals surface area contributed by atoms with Crippen molar-refractivity contribution in [3.05, 3.63) is 77.5 Å². The second kappa shape index (κ2) is 9.12. The van der Waals surface area contributed by atoms with Crippen LogP contribution in [0.2, 0.25) is 0 Å². The zero-order valence-corrected chi connectivity index (χ0v) is 15.8. The third kappa shape index (κ3) is 4.54. The van der Waals surface area contributed by atoms with Crippen LogP contribution < -0.4 is 16.4 Å². The van der Waals surface area contributed by atoms with Gasteiger partial charge in [0, 0.05) is 37.1 Å². The van der Waals surface area contributed by atoms with E-state index in [4.69, 9.17) is 5.73 Å². The molecule has 0 aliphatic carbocycles. The van der Waals surface area contributed by atoms with E-state index in [1.807, 2.05) is 54.6 Å². The first-order valence-electron chi connectivity index (χ1n) is 9.14. The number of aliphatic hydroxyl groups excluding tert-OH is 1. The fourth-order valence-electron chi connectivity index (χ4n) is 2.96. The van der Waals surface area contributed by atoms with Crippen LogP contribution in [0.15, 0.2) is 60.7 Å². The number of nitrogens with zero attached hydrogens (tertiary/aromatic N) is 1. The van der Waals surface area contributed by atoms with E-state index < -0.39 is 0 Å². The van der Waals surface area contributed by atoms with Crippen molar-refractivity contribution in [1.29, 1.82) is 0 Å². The monoisotopic (exact) mass is 376 g/mol. The second-order valence-electron chi connectivity index (χ2n) is 6.37. The summed E-state index contributed by atoms with van der Waals surface area (Å²) in [4.78, 5) is 17.4. The summed E-state index contributed by atoms with van der Waals surface area (Å²) >= 11 is 0. The standard InChI is InChI=1S/C22H24N4O2/c1-24-18-12-20(17-7-4-5-15(11-17)14-23)25-21(13-18)22(28)26-19-8-3-2-6-16(19)9-10-27/h2-8,11-13,27H,9-10,14,23H2,1H3,(H,24,25)(H,26,28). The van der Waals surface area contributed by atoms with Crippen LogP contribution in [0, 0.1) is 0 Å². The van der Waals surface area contributed by atoms with Crippen molar-refractivity contribution in [2.24, 2.45) is 5.73 Å². The number of nitrogens with one attached hydrogen (secondary N) is 2. The number of anilines is 2. The average Bonchev–Trinajstić information content (AvgIpc) is 2.75. The number of aliphatic hydroxyl groups is 1.